The molecule has 1 heterocycles. The number of carboxylic acid groups (broad SMARTS) is 1. The lowest BCUT2D eigenvalue weighted by molar-refractivity contribution is -0.0191. The summed E-state index contributed by atoms with van der Waals surface area (Å²) < 4.78 is 10.2. The van der Waals surface area contributed by atoms with E-state index < -0.39 is 11.6 Å². The van der Waals surface area contributed by atoms with Gasteiger partial charge in [0.25, 0.3) is 0 Å². The molecule has 5 heteroatoms. The Morgan fingerprint density at radius 3 is 2.47 bits per heavy atom. The van der Waals surface area contributed by atoms with Crippen molar-refractivity contribution < 1.29 is 24.2 Å². The number of hydrogen-bond acceptors (Lipinski definition) is 4. The lowest BCUT2D eigenvalue weighted by atomic mass is 9.92. The highest BCUT2D eigenvalue weighted by molar-refractivity contribution is 5.84. The molecule has 19 heavy (non-hydrogen) atoms. The fourth-order valence-electron chi connectivity index (χ4n) is 1.89. The average Bonchev–Trinajstić information content (AvgIpc) is 2.90. The van der Waals surface area contributed by atoms with Crippen molar-refractivity contribution in [3.05, 3.63) is 59.5 Å². The molecule has 100 valence electrons. The third-order valence-corrected chi connectivity index (χ3v) is 2.83. The SMILES string of the molecule is COCC(O)(c1ccccc1)c1ccc(C(=O)O)o1. The third kappa shape index (κ3) is 2.52. The second-order valence-corrected chi connectivity index (χ2v) is 4.13. The Bertz CT molecular complexity index is 560. The van der Waals surface area contributed by atoms with Crippen molar-refractivity contribution >= 4 is 5.97 Å². The fourth-order valence-corrected chi connectivity index (χ4v) is 1.89. The minimum atomic E-state index is -1.51. The molecule has 0 aliphatic heterocycles. The molecule has 1 aromatic carbocycles. The monoisotopic (exact) mass is 262 g/mol. The quantitative estimate of drug-likeness (QED) is 0.859. The highest BCUT2D eigenvalue weighted by Gasteiger charge is 2.35. The normalized spacial score (nSPS) is 14.0. The van der Waals surface area contributed by atoms with E-state index in [1.807, 2.05) is 6.07 Å². The van der Waals surface area contributed by atoms with Gasteiger partial charge in [-0.2, -0.15) is 0 Å². The second kappa shape index (κ2) is 5.26. The maximum absolute atomic E-state index is 10.8. The Morgan fingerprint density at radius 1 is 1.26 bits per heavy atom. The lowest BCUT2D eigenvalue weighted by Gasteiger charge is -2.25. The molecule has 1 unspecified atom stereocenters. The van der Waals surface area contributed by atoms with Crippen LogP contribution in [0.4, 0.5) is 0 Å². The predicted octanol–water partition coefficient (Wildman–Crippen LogP) is 1.86. The number of carboxylic acids is 1. The van der Waals surface area contributed by atoms with E-state index in [0.717, 1.165) is 0 Å². The Labute approximate surface area is 110 Å². The molecule has 2 rings (SSSR count). The van der Waals surface area contributed by atoms with E-state index in [2.05, 4.69) is 0 Å². The summed E-state index contributed by atoms with van der Waals surface area (Å²) in [5.41, 5.74) is -0.938. The summed E-state index contributed by atoms with van der Waals surface area (Å²) in [7, 11) is 1.45. The van der Waals surface area contributed by atoms with Gasteiger partial charge in [0, 0.05) is 7.11 Å². The minimum absolute atomic E-state index is 0.0381. The Kier molecular flexibility index (Phi) is 3.69. The van der Waals surface area contributed by atoms with Crippen molar-refractivity contribution in [3.8, 4) is 0 Å². The zero-order valence-corrected chi connectivity index (χ0v) is 10.4. The molecule has 0 aliphatic rings. The number of ether oxygens (including phenoxy) is 1. The van der Waals surface area contributed by atoms with Gasteiger partial charge in [-0.1, -0.05) is 30.3 Å². The van der Waals surface area contributed by atoms with Crippen LogP contribution in [-0.4, -0.2) is 29.9 Å². The van der Waals surface area contributed by atoms with E-state index in [0.29, 0.717) is 5.56 Å². The highest BCUT2D eigenvalue weighted by atomic mass is 16.5. The molecule has 5 nitrogen and oxygen atoms in total. The van der Waals surface area contributed by atoms with Crippen LogP contribution in [0, 0.1) is 0 Å². The van der Waals surface area contributed by atoms with E-state index >= 15 is 0 Å². The van der Waals surface area contributed by atoms with E-state index in [9.17, 15) is 9.90 Å². The van der Waals surface area contributed by atoms with Crippen molar-refractivity contribution in [2.45, 2.75) is 5.60 Å². The van der Waals surface area contributed by atoms with Gasteiger partial charge in [-0.3, -0.25) is 0 Å². The molecular weight excluding hydrogens is 248 g/mol. The smallest absolute Gasteiger partial charge is 0.371 e. The molecule has 2 N–H and O–H groups in total. The molecule has 0 saturated carbocycles. The van der Waals surface area contributed by atoms with Crippen LogP contribution >= 0.6 is 0 Å². The van der Waals surface area contributed by atoms with Crippen molar-refractivity contribution in [3.63, 3.8) is 0 Å². The van der Waals surface area contributed by atoms with Crippen molar-refractivity contribution in [2.24, 2.45) is 0 Å². The van der Waals surface area contributed by atoms with Gasteiger partial charge in [-0.05, 0) is 17.7 Å². The first-order chi connectivity index (χ1) is 9.08. The van der Waals surface area contributed by atoms with Crippen LogP contribution in [0.2, 0.25) is 0 Å². The molecule has 0 amide bonds. The topological polar surface area (TPSA) is 79.9 Å². The lowest BCUT2D eigenvalue weighted by Crippen LogP contribution is -2.32. The van der Waals surface area contributed by atoms with Crippen molar-refractivity contribution in [2.75, 3.05) is 13.7 Å². The van der Waals surface area contributed by atoms with Gasteiger partial charge in [-0.15, -0.1) is 0 Å². The van der Waals surface area contributed by atoms with Gasteiger partial charge in [0.05, 0.1) is 6.61 Å². The van der Waals surface area contributed by atoms with E-state index in [1.54, 1.807) is 24.3 Å². The van der Waals surface area contributed by atoms with Crippen LogP contribution in [0.1, 0.15) is 21.9 Å². The molecule has 0 saturated heterocycles. The van der Waals surface area contributed by atoms with Crippen LogP contribution in [-0.2, 0) is 10.3 Å². The van der Waals surface area contributed by atoms with Gasteiger partial charge in [0.15, 0.2) is 5.60 Å². The summed E-state index contributed by atoms with van der Waals surface area (Å²) in [5, 5.41) is 19.6. The summed E-state index contributed by atoms with van der Waals surface area (Å²) in [6.07, 6.45) is 0. The Hall–Kier alpha value is -2.11. The van der Waals surface area contributed by atoms with Gasteiger partial charge >= 0.3 is 5.97 Å². The van der Waals surface area contributed by atoms with Gasteiger partial charge in [0.2, 0.25) is 5.76 Å². The van der Waals surface area contributed by atoms with Crippen LogP contribution in [0.25, 0.3) is 0 Å². The van der Waals surface area contributed by atoms with Gasteiger partial charge in [0.1, 0.15) is 5.76 Å². The molecule has 0 aliphatic carbocycles. The summed E-state index contributed by atoms with van der Waals surface area (Å²) in [6, 6.07) is 11.6. The first-order valence-corrected chi connectivity index (χ1v) is 5.68. The number of rotatable bonds is 5. The zero-order valence-electron chi connectivity index (χ0n) is 10.4. The molecule has 2 aromatic rings. The largest absolute Gasteiger partial charge is 0.475 e. The first kappa shape index (κ1) is 13.3. The molecule has 1 atom stereocenters. The van der Waals surface area contributed by atoms with Crippen LogP contribution in [0.5, 0.6) is 0 Å². The third-order valence-electron chi connectivity index (χ3n) is 2.83. The zero-order chi connectivity index (χ0) is 13.9. The molecule has 0 radical (unpaired) electrons. The van der Waals surface area contributed by atoms with E-state index in [-0.39, 0.29) is 18.1 Å². The molecule has 1 aromatic heterocycles. The summed E-state index contributed by atoms with van der Waals surface area (Å²) in [5.74, 6) is -1.27. The standard InChI is InChI=1S/C14H14O5/c1-18-9-14(17,10-5-3-2-4-6-10)12-8-7-11(19-12)13(15)16/h2-8,17H,9H2,1H3,(H,15,16). The number of aromatic carboxylic acids is 1. The molecule has 0 spiro atoms. The van der Waals surface area contributed by atoms with E-state index in [4.69, 9.17) is 14.3 Å². The Balaban J connectivity index is 2.46. The summed E-state index contributed by atoms with van der Waals surface area (Å²) in [4.78, 5) is 10.8. The maximum Gasteiger partial charge on any atom is 0.371 e. The predicted molar refractivity (Wildman–Crippen MR) is 67.0 cm³/mol. The molecule has 0 fully saturated rings. The fraction of sp³-hybridized carbons (Fsp3) is 0.214. The number of benzene rings is 1. The number of furan rings is 1. The second-order valence-electron chi connectivity index (χ2n) is 4.13. The van der Waals surface area contributed by atoms with Crippen molar-refractivity contribution in [1.29, 1.82) is 0 Å². The average molecular weight is 262 g/mol. The van der Waals surface area contributed by atoms with Crippen LogP contribution in [0.3, 0.4) is 0 Å². The van der Waals surface area contributed by atoms with Crippen LogP contribution in [0.15, 0.2) is 46.9 Å². The Morgan fingerprint density at radius 2 is 1.95 bits per heavy atom. The van der Waals surface area contributed by atoms with Gasteiger partial charge in [-0.25, -0.2) is 4.79 Å². The highest BCUT2D eigenvalue weighted by Crippen LogP contribution is 2.31. The van der Waals surface area contributed by atoms with Crippen molar-refractivity contribution in [1.82, 2.24) is 0 Å². The summed E-state index contributed by atoms with van der Waals surface area (Å²) >= 11 is 0. The van der Waals surface area contributed by atoms with E-state index in [1.165, 1.54) is 19.2 Å². The minimum Gasteiger partial charge on any atom is -0.475 e. The number of carbonyl (C=O) groups is 1. The number of hydrogen-bond donors (Lipinski definition) is 2. The van der Waals surface area contributed by atoms with Crippen LogP contribution < -0.4 is 0 Å². The summed E-state index contributed by atoms with van der Waals surface area (Å²) in [6.45, 7) is -0.0381. The number of aliphatic hydroxyl groups is 1. The van der Waals surface area contributed by atoms with Gasteiger partial charge < -0.3 is 19.4 Å². The first-order valence-electron chi connectivity index (χ1n) is 5.68. The molecular formula is C14H14O5. The maximum atomic E-state index is 10.8. The number of methoxy groups -OCH3 is 1. The molecule has 0 bridgehead atoms.